The molecular weight excluding hydrogens is 318 g/mol. The predicted octanol–water partition coefficient (Wildman–Crippen LogP) is 1.81. The second-order valence-electron chi connectivity index (χ2n) is 5.75. The van der Waals surface area contributed by atoms with Gasteiger partial charge < -0.3 is 10.0 Å². The number of carbonyl (C=O) groups excluding carboxylic acids is 1. The van der Waals surface area contributed by atoms with E-state index in [2.05, 4.69) is 0 Å². The average Bonchev–Trinajstić information content (AvgIpc) is 2.86. The summed E-state index contributed by atoms with van der Waals surface area (Å²) < 4.78 is 24.1. The van der Waals surface area contributed by atoms with Crippen LogP contribution in [0.4, 0.5) is 5.69 Å². The maximum absolute atomic E-state index is 12.4. The summed E-state index contributed by atoms with van der Waals surface area (Å²) in [7, 11) is -3.47. The topological polar surface area (TPSA) is 91.8 Å². The molecule has 1 N–H and O–H groups in total. The largest absolute Gasteiger partial charge is 0.481 e. The lowest BCUT2D eigenvalue weighted by Gasteiger charge is -2.17. The lowest BCUT2D eigenvalue weighted by Crippen LogP contribution is -2.36. The molecule has 1 heterocycles. The van der Waals surface area contributed by atoms with Gasteiger partial charge in [0.05, 0.1) is 5.75 Å². The van der Waals surface area contributed by atoms with E-state index in [0.29, 0.717) is 17.7 Å². The second-order valence-corrected chi connectivity index (χ2v) is 7.94. The van der Waals surface area contributed by atoms with Gasteiger partial charge in [-0.15, -0.1) is 0 Å². The molecule has 0 fully saturated rings. The first-order valence-corrected chi connectivity index (χ1v) is 9.50. The van der Waals surface area contributed by atoms with Crippen LogP contribution in [-0.2, 0) is 19.4 Å². The van der Waals surface area contributed by atoms with Crippen LogP contribution in [0, 0.1) is 0 Å². The summed E-state index contributed by atoms with van der Waals surface area (Å²) in [5, 5.41) is 9.28. The quantitative estimate of drug-likeness (QED) is 0.765. The molecule has 1 amide bonds. The van der Waals surface area contributed by atoms with Crippen LogP contribution in [0.1, 0.15) is 37.7 Å². The van der Waals surface area contributed by atoms with Crippen LogP contribution in [0.15, 0.2) is 24.3 Å². The van der Waals surface area contributed by atoms with Crippen LogP contribution < -0.4 is 4.90 Å². The van der Waals surface area contributed by atoms with Crippen LogP contribution in [0.5, 0.6) is 0 Å². The number of unbranched alkanes of at least 4 members (excludes halogenated alkanes) is 2. The van der Waals surface area contributed by atoms with E-state index >= 15 is 0 Å². The molecule has 0 saturated carbocycles. The molecule has 0 aliphatic carbocycles. The number of sulfone groups is 1. The Bertz CT molecular complexity index is 698. The van der Waals surface area contributed by atoms with Crippen molar-refractivity contribution in [3.05, 3.63) is 29.8 Å². The van der Waals surface area contributed by atoms with Gasteiger partial charge in [-0.25, -0.2) is 8.42 Å². The number of aliphatic carboxylic acids is 1. The Morgan fingerprint density at radius 2 is 1.96 bits per heavy atom. The van der Waals surface area contributed by atoms with E-state index < -0.39 is 33.4 Å². The first-order valence-electron chi connectivity index (χ1n) is 7.68. The summed E-state index contributed by atoms with van der Waals surface area (Å²) in [4.78, 5) is 25.0. The molecule has 1 aromatic carbocycles. The Morgan fingerprint density at radius 3 is 2.61 bits per heavy atom. The molecule has 2 rings (SSSR count). The highest BCUT2D eigenvalue weighted by Gasteiger charge is 2.37. The monoisotopic (exact) mass is 339 g/mol. The van der Waals surface area contributed by atoms with Gasteiger partial charge in [-0.1, -0.05) is 38.0 Å². The molecule has 7 heteroatoms. The number of hydrogen-bond acceptors (Lipinski definition) is 4. The molecule has 1 atom stereocenters. The predicted molar refractivity (Wildman–Crippen MR) is 87.4 cm³/mol. The number of rotatable bonds is 7. The number of carboxylic acid groups (broad SMARTS) is 1. The molecule has 0 spiro atoms. The molecule has 0 aromatic heterocycles. The number of anilines is 1. The highest BCUT2D eigenvalue weighted by molar-refractivity contribution is 7.92. The fourth-order valence-electron chi connectivity index (χ4n) is 2.76. The van der Waals surface area contributed by atoms with Crippen molar-refractivity contribution in [1.82, 2.24) is 0 Å². The van der Waals surface area contributed by atoms with Crippen molar-refractivity contribution in [3.8, 4) is 0 Å². The van der Waals surface area contributed by atoms with Crippen LogP contribution in [-0.4, -0.2) is 43.5 Å². The van der Waals surface area contributed by atoms with Gasteiger partial charge in [-0.05, 0) is 18.1 Å². The minimum Gasteiger partial charge on any atom is -0.481 e. The van der Waals surface area contributed by atoms with Gasteiger partial charge in [-0.3, -0.25) is 9.59 Å². The third-order valence-electron chi connectivity index (χ3n) is 3.97. The van der Waals surface area contributed by atoms with Gasteiger partial charge in [0.1, 0.15) is 11.7 Å². The summed E-state index contributed by atoms with van der Waals surface area (Å²) in [5.74, 6) is -2.96. The number of fused-ring (bicyclic) bond motifs is 1. The first-order chi connectivity index (χ1) is 10.9. The van der Waals surface area contributed by atoms with Crippen molar-refractivity contribution in [2.24, 2.45) is 0 Å². The van der Waals surface area contributed by atoms with Gasteiger partial charge in [0, 0.05) is 12.2 Å². The van der Waals surface area contributed by atoms with Crippen LogP contribution in [0.25, 0.3) is 0 Å². The van der Waals surface area contributed by atoms with Gasteiger partial charge in [0.15, 0.2) is 9.84 Å². The highest BCUT2D eigenvalue weighted by Crippen LogP contribution is 2.36. The zero-order chi connectivity index (χ0) is 17.0. The summed E-state index contributed by atoms with van der Waals surface area (Å²) in [5.41, 5.74) is 1.05. The summed E-state index contributed by atoms with van der Waals surface area (Å²) in [6.45, 7) is 1.96. The first kappa shape index (κ1) is 17.5. The van der Waals surface area contributed by atoms with E-state index in [1.165, 1.54) is 4.90 Å². The third-order valence-corrected chi connectivity index (χ3v) is 5.57. The number of hydrogen-bond donors (Lipinski definition) is 1. The minimum absolute atomic E-state index is 0.00950. The average molecular weight is 339 g/mol. The van der Waals surface area contributed by atoms with Gasteiger partial charge in [0.2, 0.25) is 5.91 Å². The summed E-state index contributed by atoms with van der Waals surface area (Å²) >= 11 is 0. The molecule has 1 unspecified atom stereocenters. The molecule has 23 heavy (non-hydrogen) atoms. The maximum atomic E-state index is 12.4. The fourth-order valence-corrected chi connectivity index (χ4v) is 4.09. The Labute approximate surface area is 136 Å². The molecular formula is C16H21NO5S. The maximum Gasteiger partial charge on any atom is 0.312 e. The molecule has 1 aromatic rings. The van der Waals surface area contributed by atoms with Gasteiger partial charge in [0.25, 0.3) is 0 Å². The van der Waals surface area contributed by atoms with E-state index in [9.17, 15) is 23.1 Å². The smallest absolute Gasteiger partial charge is 0.312 e. The van der Waals surface area contributed by atoms with Crippen molar-refractivity contribution < 1.29 is 23.1 Å². The molecule has 0 saturated heterocycles. The van der Waals surface area contributed by atoms with Crippen LogP contribution >= 0.6 is 0 Å². The number of carbonyl (C=O) groups is 2. The van der Waals surface area contributed by atoms with E-state index in [4.69, 9.17) is 0 Å². The number of benzene rings is 1. The number of amides is 1. The highest BCUT2D eigenvalue weighted by atomic mass is 32.2. The SMILES string of the molecule is CCCCCS(=O)(=O)CC(=O)N1CC(C(=O)O)c2ccccc21. The summed E-state index contributed by atoms with van der Waals surface area (Å²) in [6.07, 6.45) is 2.25. The zero-order valence-corrected chi connectivity index (χ0v) is 13.9. The molecule has 0 radical (unpaired) electrons. The molecule has 6 nitrogen and oxygen atoms in total. The second kappa shape index (κ2) is 7.12. The molecule has 1 aliphatic rings. The van der Waals surface area contributed by atoms with E-state index in [0.717, 1.165) is 12.8 Å². The lowest BCUT2D eigenvalue weighted by atomic mass is 10.0. The van der Waals surface area contributed by atoms with Gasteiger partial charge in [-0.2, -0.15) is 0 Å². The third kappa shape index (κ3) is 4.10. The molecule has 1 aliphatic heterocycles. The Hall–Kier alpha value is -1.89. The van der Waals surface area contributed by atoms with Crippen molar-refractivity contribution in [2.75, 3.05) is 23.0 Å². The van der Waals surface area contributed by atoms with Crippen molar-refractivity contribution in [1.29, 1.82) is 0 Å². The van der Waals surface area contributed by atoms with E-state index in [-0.39, 0.29) is 12.3 Å². The lowest BCUT2D eigenvalue weighted by molar-refractivity contribution is -0.138. The fraction of sp³-hybridized carbons (Fsp3) is 0.500. The Morgan fingerprint density at radius 1 is 1.26 bits per heavy atom. The van der Waals surface area contributed by atoms with Crippen LogP contribution in [0.3, 0.4) is 0 Å². The van der Waals surface area contributed by atoms with E-state index in [1.807, 2.05) is 6.92 Å². The number of carboxylic acids is 1. The zero-order valence-electron chi connectivity index (χ0n) is 13.1. The normalized spacial score (nSPS) is 17.1. The van der Waals surface area contributed by atoms with Crippen LogP contribution in [0.2, 0.25) is 0 Å². The minimum atomic E-state index is -3.47. The standard InChI is InChI=1S/C16H21NO5S/c1-2-3-6-9-23(21,22)11-15(18)17-10-13(16(19)20)12-7-4-5-8-14(12)17/h4-5,7-8,13H,2-3,6,9-11H2,1H3,(H,19,20). The Kier molecular flexibility index (Phi) is 5.41. The van der Waals surface area contributed by atoms with Crippen molar-refractivity contribution >= 4 is 27.4 Å². The van der Waals surface area contributed by atoms with Crippen molar-refractivity contribution in [2.45, 2.75) is 32.1 Å². The Balaban J connectivity index is 2.13. The summed E-state index contributed by atoms with van der Waals surface area (Å²) in [6, 6.07) is 6.74. The molecule has 126 valence electrons. The van der Waals surface area contributed by atoms with E-state index in [1.54, 1.807) is 24.3 Å². The number of nitrogens with zero attached hydrogens (tertiary/aromatic N) is 1. The van der Waals surface area contributed by atoms with Crippen molar-refractivity contribution in [3.63, 3.8) is 0 Å². The number of para-hydroxylation sites is 1. The van der Waals surface area contributed by atoms with Gasteiger partial charge >= 0.3 is 5.97 Å². The molecule has 0 bridgehead atoms.